The molecule has 2 heterocycles. The molecule has 0 atom stereocenters. The van der Waals surface area contributed by atoms with Crippen LogP contribution in [-0.2, 0) is 6.42 Å². The second-order valence-corrected chi connectivity index (χ2v) is 6.27. The van der Waals surface area contributed by atoms with Crippen molar-refractivity contribution in [2.45, 2.75) is 25.2 Å². The first kappa shape index (κ1) is 15.1. The fraction of sp³-hybridized carbons (Fsp3) is 0.235. The summed E-state index contributed by atoms with van der Waals surface area (Å²) in [5.74, 6) is 1.60. The number of halogens is 2. The number of benzene rings is 1. The second kappa shape index (κ2) is 6.20. The molecule has 1 saturated carbocycles. The van der Waals surface area contributed by atoms with E-state index >= 15 is 0 Å². The zero-order valence-corrected chi connectivity index (χ0v) is 13.5. The van der Waals surface area contributed by atoms with Crippen molar-refractivity contribution in [3.8, 4) is 0 Å². The van der Waals surface area contributed by atoms with Gasteiger partial charge in [-0.25, -0.2) is 14.4 Å². The number of aromatic nitrogens is 4. The van der Waals surface area contributed by atoms with Gasteiger partial charge in [0.2, 0.25) is 5.28 Å². The van der Waals surface area contributed by atoms with E-state index in [1.165, 1.54) is 25.0 Å². The number of hydrogen-bond donors (Lipinski definition) is 2. The second-order valence-electron chi connectivity index (χ2n) is 5.93. The number of hydrogen-bond acceptors (Lipinski definition) is 4. The van der Waals surface area contributed by atoms with Gasteiger partial charge >= 0.3 is 0 Å². The van der Waals surface area contributed by atoms with Gasteiger partial charge in [-0.1, -0.05) is 12.1 Å². The Bertz CT molecular complexity index is 875. The fourth-order valence-electron chi connectivity index (χ4n) is 2.61. The van der Waals surface area contributed by atoms with Crippen LogP contribution in [0.4, 0.5) is 16.0 Å². The Balaban J connectivity index is 1.53. The topological polar surface area (TPSA) is 66.5 Å². The molecule has 122 valence electrons. The van der Waals surface area contributed by atoms with Gasteiger partial charge in [0.1, 0.15) is 11.6 Å². The van der Waals surface area contributed by atoms with E-state index in [0.29, 0.717) is 29.7 Å². The van der Waals surface area contributed by atoms with Gasteiger partial charge in [-0.15, -0.1) is 0 Å². The fourth-order valence-corrected chi connectivity index (χ4v) is 2.81. The first-order valence-electron chi connectivity index (χ1n) is 7.76. The molecule has 1 aliphatic carbocycles. The maximum atomic E-state index is 13.3. The highest BCUT2D eigenvalue weighted by molar-refractivity contribution is 6.28. The minimum atomic E-state index is -0.268. The normalized spacial score (nSPS) is 13.9. The molecule has 0 bridgehead atoms. The Morgan fingerprint density at radius 1 is 1.17 bits per heavy atom. The maximum Gasteiger partial charge on any atom is 0.224 e. The monoisotopic (exact) mass is 343 g/mol. The van der Waals surface area contributed by atoms with E-state index in [1.54, 1.807) is 12.1 Å². The zero-order valence-electron chi connectivity index (χ0n) is 12.8. The minimum Gasteiger partial charge on any atom is -0.323 e. The van der Waals surface area contributed by atoms with E-state index in [1.807, 2.05) is 12.1 Å². The molecular formula is C17H15ClFN5. The van der Waals surface area contributed by atoms with E-state index in [4.69, 9.17) is 11.6 Å². The summed E-state index contributed by atoms with van der Waals surface area (Å²) in [5.41, 5.74) is 2.67. The third kappa shape index (κ3) is 3.54. The van der Waals surface area contributed by atoms with Crippen molar-refractivity contribution in [2.24, 2.45) is 0 Å². The Morgan fingerprint density at radius 3 is 2.83 bits per heavy atom. The van der Waals surface area contributed by atoms with Gasteiger partial charge in [-0.05, 0) is 42.1 Å². The molecule has 3 aromatic rings. The third-order valence-corrected chi connectivity index (χ3v) is 4.07. The van der Waals surface area contributed by atoms with Crippen molar-refractivity contribution in [1.82, 2.24) is 20.2 Å². The van der Waals surface area contributed by atoms with Crippen LogP contribution in [0.25, 0.3) is 0 Å². The molecule has 2 N–H and O–H groups in total. The summed E-state index contributed by atoms with van der Waals surface area (Å²) in [7, 11) is 0. The Hall–Kier alpha value is -2.47. The summed E-state index contributed by atoms with van der Waals surface area (Å²) in [6.07, 6.45) is 2.89. The highest BCUT2D eigenvalue weighted by atomic mass is 35.5. The van der Waals surface area contributed by atoms with E-state index in [0.717, 1.165) is 11.3 Å². The van der Waals surface area contributed by atoms with Crippen molar-refractivity contribution < 1.29 is 4.39 Å². The van der Waals surface area contributed by atoms with E-state index < -0.39 is 0 Å². The lowest BCUT2D eigenvalue weighted by atomic mass is 10.1. The molecule has 7 heteroatoms. The maximum absolute atomic E-state index is 13.3. The van der Waals surface area contributed by atoms with E-state index in [2.05, 4.69) is 25.5 Å². The zero-order chi connectivity index (χ0) is 16.5. The van der Waals surface area contributed by atoms with Gasteiger partial charge in [0, 0.05) is 30.2 Å². The van der Waals surface area contributed by atoms with E-state index in [9.17, 15) is 4.39 Å². The number of H-pyrrole nitrogens is 1. The van der Waals surface area contributed by atoms with Crippen LogP contribution in [0.2, 0.25) is 5.28 Å². The molecule has 0 spiro atoms. The average molecular weight is 344 g/mol. The van der Waals surface area contributed by atoms with Crippen LogP contribution >= 0.6 is 11.6 Å². The quantitative estimate of drug-likeness (QED) is 0.681. The minimum absolute atomic E-state index is 0.143. The van der Waals surface area contributed by atoms with Crippen LogP contribution in [0.15, 0.2) is 36.4 Å². The Labute approximate surface area is 143 Å². The molecule has 0 radical (unpaired) electrons. The summed E-state index contributed by atoms with van der Waals surface area (Å²) < 4.78 is 13.3. The van der Waals surface area contributed by atoms with Gasteiger partial charge < -0.3 is 5.32 Å². The summed E-state index contributed by atoms with van der Waals surface area (Å²) in [4.78, 5) is 8.38. The van der Waals surface area contributed by atoms with Gasteiger partial charge in [0.25, 0.3) is 0 Å². The van der Waals surface area contributed by atoms with Crippen molar-refractivity contribution in [2.75, 3.05) is 5.32 Å². The summed E-state index contributed by atoms with van der Waals surface area (Å²) >= 11 is 6.01. The van der Waals surface area contributed by atoms with Crippen LogP contribution in [0.1, 0.15) is 35.7 Å². The standard InChI is InChI=1S/C17H15ClFN5/c18-17-20-13(7-10-2-1-3-12(19)6-10)8-15(22-17)21-16-9-14(23-24-16)11-4-5-11/h1-3,6,8-9,11H,4-5,7H2,(H2,20,21,22,23,24). The lowest BCUT2D eigenvalue weighted by Gasteiger charge is -2.06. The molecule has 4 rings (SSSR count). The number of anilines is 2. The number of nitrogens with one attached hydrogen (secondary N) is 2. The van der Waals surface area contributed by atoms with Crippen LogP contribution in [0.5, 0.6) is 0 Å². The number of aromatic amines is 1. The van der Waals surface area contributed by atoms with Gasteiger partial charge in [0.15, 0.2) is 5.82 Å². The lowest BCUT2D eigenvalue weighted by Crippen LogP contribution is -2.00. The van der Waals surface area contributed by atoms with Gasteiger partial charge in [0.05, 0.1) is 5.69 Å². The molecular weight excluding hydrogens is 329 g/mol. The SMILES string of the molecule is Fc1cccc(Cc2cc(Nc3cc(C4CC4)[nH]n3)nc(Cl)n2)c1. The lowest BCUT2D eigenvalue weighted by molar-refractivity contribution is 0.626. The van der Waals surface area contributed by atoms with Crippen LogP contribution < -0.4 is 5.32 Å². The molecule has 0 unspecified atom stereocenters. The predicted molar refractivity (Wildman–Crippen MR) is 90.1 cm³/mol. The highest BCUT2D eigenvalue weighted by Gasteiger charge is 2.25. The summed E-state index contributed by atoms with van der Waals surface area (Å²) in [6, 6.07) is 10.2. The molecule has 0 amide bonds. The van der Waals surface area contributed by atoms with Crippen LogP contribution in [-0.4, -0.2) is 20.2 Å². The van der Waals surface area contributed by atoms with Crippen molar-refractivity contribution in [1.29, 1.82) is 0 Å². The van der Waals surface area contributed by atoms with Gasteiger partial charge in [-0.3, -0.25) is 5.10 Å². The van der Waals surface area contributed by atoms with Crippen molar-refractivity contribution >= 4 is 23.2 Å². The molecule has 1 aromatic carbocycles. The molecule has 0 aliphatic heterocycles. The molecule has 24 heavy (non-hydrogen) atoms. The summed E-state index contributed by atoms with van der Waals surface area (Å²) in [6.45, 7) is 0. The first-order valence-corrected chi connectivity index (χ1v) is 8.14. The summed E-state index contributed by atoms with van der Waals surface area (Å²) in [5, 5.41) is 10.5. The largest absolute Gasteiger partial charge is 0.323 e. The number of rotatable bonds is 5. The third-order valence-electron chi connectivity index (χ3n) is 3.90. The molecule has 0 saturated heterocycles. The Morgan fingerprint density at radius 2 is 2.04 bits per heavy atom. The van der Waals surface area contributed by atoms with E-state index in [-0.39, 0.29) is 11.1 Å². The highest BCUT2D eigenvalue weighted by Crippen LogP contribution is 2.39. The van der Waals surface area contributed by atoms with Crippen LogP contribution in [0, 0.1) is 5.82 Å². The average Bonchev–Trinajstić information content (AvgIpc) is 3.27. The predicted octanol–water partition coefficient (Wildman–Crippen LogP) is 4.20. The Kier molecular flexibility index (Phi) is 3.90. The molecule has 5 nitrogen and oxygen atoms in total. The number of nitrogens with zero attached hydrogens (tertiary/aromatic N) is 3. The molecule has 1 fully saturated rings. The van der Waals surface area contributed by atoms with Crippen molar-refractivity contribution in [3.63, 3.8) is 0 Å². The smallest absolute Gasteiger partial charge is 0.224 e. The first-order chi connectivity index (χ1) is 11.7. The molecule has 2 aromatic heterocycles. The molecule has 1 aliphatic rings. The van der Waals surface area contributed by atoms with Gasteiger partial charge in [-0.2, -0.15) is 5.10 Å². The van der Waals surface area contributed by atoms with Crippen molar-refractivity contribution in [3.05, 3.63) is 64.5 Å². The van der Waals surface area contributed by atoms with Crippen LogP contribution in [0.3, 0.4) is 0 Å².